The van der Waals surface area contributed by atoms with Crippen LogP contribution in [0.5, 0.6) is 0 Å². The Morgan fingerprint density at radius 1 is 1.33 bits per heavy atom. The molecule has 1 aromatic heterocycles. The monoisotopic (exact) mass is 407 g/mol. The number of halogens is 1. The highest BCUT2D eigenvalue weighted by Gasteiger charge is 2.21. The van der Waals surface area contributed by atoms with Crippen LogP contribution < -0.4 is 5.32 Å². The van der Waals surface area contributed by atoms with Gasteiger partial charge >= 0.3 is 0 Å². The first-order chi connectivity index (χ1) is 11.5. The van der Waals surface area contributed by atoms with Gasteiger partial charge in [0, 0.05) is 27.9 Å². The first-order valence-corrected chi connectivity index (χ1v) is 9.45. The van der Waals surface area contributed by atoms with Gasteiger partial charge < -0.3 is 10.2 Å². The molecule has 1 aliphatic rings. The van der Waals surface area contributed by atoms with Gasteiger partial charge in [-0.05, 0) is 31.9 Å². The number of hydrogen-bond acceptors (Lipinski definition) is 4. The lowest BCUT2D eigenvalue weighted by Gasteiger charge is -2.25. The van der Waals surface area contributed by atoms with Gasteiger partial charge in [-0.25, -0.2) is 4.98 Å². The zero-order valence-electron chi connectivity index (χ0n) is 13.3. The van der Waals surface area contributed by atoms with Gasteiger partial charge in [0.15, 0.2) is 5.13 Å². The van der Waals surface area contributed by atoms with E-state index < -0.39 is 0 Å². The van der Waals surface area contributed by atoms with Crippen LogP contribution in [-0.4, -0.2) is 34.8 Å². The van der Waals surface area contributed by atoms with Crippen molar-refractivity contribution in [1.29, 1.82) is 0 Å². The third-order valence-electron chi connectivity index (χ3n) is 3.92. The summed E-state index contributed by atoms with van der Waals surface area (Å²) in [5.74, 6) is -0.136. The number of piperidine rings is 1. The summed E-state index contributed by atoms with van der Waals surface area (Å²) in [6.07, 6.45) is 2.42. The standard InChI is InChI=1S/C17H18BrN3O2S/c1-11-16(12-5-7-13(18)8-6-12)20-17(24-11)19-14(22)10-21-9-3-2-4-15(21)23/h5-8H,2-4,9-10H2,1H3,(H,19,20,22). The first kappa shape index (κ1) is 17.1. The summed E-state index contributed by atoms with van der Waals surface area (Å²) in [6.45, 7) is 2.75. The minimum atomic E-state index is -0.193. The highest BCUT2D eigenvalue weighted by molar-refractivity contribution is 9.10. The predicted octanol–water partition coefficient (Wildman–Crippen LogP) is 3.83. The van der Waals surface area contributed by atoms with E-state index in [4.69, 9.17) is 0 Å². The highest BCUT2D eigenvalue weighted by Crippen LogP contribution is 2.31. The Balaban J connectivity index is 1.67. The molecule has 1 saturated heterocycles. The molecule has 0 radical (unpaired) electrons. The Labute approximate surface area is 153 Å². The van der Waals surface area contributed by atoms with E-state index in [-0.39, 0.29) is 18.4 Å². The van der Waals surface area contributed by atoms with Crippen molar-refractivity contribution in [1.82, 2.24) is 9.88 Å². The van der Waals surface area contributed by atoms with E-state index >= 15 is 0 Å². The number of likely N-dealkylation sites (tertiary alicyclic amines) is 1. The van der Waals surface area contributed by atoms with Crippen LogP contribution in [0.15, 0.2) is 28.7 Å². The summed E-state index contributed by atoms with van der Waals surface area (Å²) >= 11 is 4.87. The fraction of sp³-hybridized carbons (Fsp3) is 0.353. The van der Waals surface area contributed by atoms with Gasteiger partial charge in [0.05, 0.1) is 12.2 Å². The predicted molar refractivity (Wildman–Crippen MR) is 99.0 cm³/mol. The van der Waals surface area contributed by atoms with Gasteiger partial charge in [-0.2, -0.15) is 0 Å². The van der Waals surface area contributed by atoms with E-state index in [9.17, 15) is 9.59 Å². The average molecular weight is 408 g/mol. The van der Waals surface area contributed by atoms with E-state index in [1.807, 2.05) is 31.2 Å². The van der Waals surface area contributed by atoms with E-state index in [1.54, 1.807) is 4.90 Å². The fourth-order valence-corrected chi connectivity index (χ4v) is 3.80. The molecule has 0 spiro atoms. The van der Waals surface area contributed by atoms with Crippen LogP contribution in [0.2, 0.25) is 0 Å². The molecule has 0 saturated carbocycles. The summed E-state index contributed by atoms with van der Waals surface area (Å²) in [7, 11) is 0. The maximum Gasteiger partial charge on any atom is 0.245 e. The van der Waals surface area contributed by atoms with Crippen molar-refractivity contribution in [2.75, 3.05) is 18.4 Å². The number of anilines is 1. The zero-order valence-corrected chi connectivity index (χ0v) is 15.7. The van der Waals surface area contributed by atoms with Crippen molar-refractivity contribution in [3.63, 3.8) is 0 Å². The summed E-state index contributed by atoms with van der Waals surface area (Å²) in [4.78, 5) is 31.2. The lowest BCUT2D eigenvalue weighted by molar-refractivity contribution is -0.136. The Kier molecular flexibility index (Phi) is 5.30. The Morgan fingerprint density at radius 3 is 2.79 bits per heavy atom. The summed E-state index contributed by atoms with van der Waals surface area (Å²) in [5, 5.41) is 3.39. The molecule has 126 valence electrons. The molecule has 1 N–H and O–H groups in total. The van der Waals surface area contributed by atoms with Crippen LogP contribution >= 0.6 is 27.3 Å². The number of amides is 2. The molecule has 0 atom stereocenters. The van der Waals surface area contributed by atoms with Crippen molar-refractivity contribution in [3.05, 3.63) is 33.6 Å². The quantitative estimate of drug-likeness (QED) is 0.837. The zero-order chi connectivity index (χ0) is 17.1. The topological polar surface area (TPSA) is 62.3 Å². The Bertz CT molecular complexity index is 758. The number of carbonyl (C=O) groups is 2. The molecule has 0 unspecified atom stereocenters. The van der Waals surface area contributed by atoms with Crippen LogP contribution in [0, 0.1) is 6.92 Å². The number of benzene rings is 1. The van der Waals surface area contributed by atoms with Gasteiger partial charge in [0.25, 0.3) is 0 Å². The second kappa shape index (κ2) is 7.44. The third kappa shape index (κ3) is 4.02. The van der Waals surface area contributed by atoms with Crippen molar-refractivity contribution >= 4 is 44.2 Å². The van der Waals surface area contributed by atoms with Gasteiger partial charge in [-0.1, -0.05) is 28.1 Å². The lowest BCUT2D eigenvalue weighted by atomic mass is 10.1. The van der Waals surface area contributed by atoms with E-state index in [0.29, 0.717) is 18.1 Å². The van der Waals surface area contributed by atoms with Crippen LogP contribution in [0.25, 0.3) is 11.3 Å². The third-order valence-corrected chi connectivity index (χ3v) is 5.33. The Morgan fingerprint density at radius 2 is 2.08 bits per heavy atom. The second-order valence-electron chi connectivity index (χ2n) is 5.75. The number of aryl methyl sites for hydroxylation is 1. The number of hydrogen-bond donors (Lipinski definition) is 1. The number of rotatable bonds is 4. The number of thiazole rings is 1. The summed E-state index contributed by atoms with van der Waals surface area (Å²) < 4.78 is 1.01. The molecule has 5 nitrogen and oxygen atoms in total. The molecular weight excluding hydrogens is 390 g/mol. The number of nitrogens with one attached hydrogen (secondary N) is 1. The van der Waals surface area contributed by atoms with Crippen LogP contribution in [0.3, 0.4) is 0 Å². The molecule has 1 aromatic carbocycles. The van der Waals surface area contributed by atoms with Gasteiger partial charge in [0.1, 0.15) is 0 Å². The van der Waals surface area contributed by atoms with Crippen molar-refractivity contribution in [3.8, 4) is 11.3 Å². The molecule has 2 amide bonds. The highest BCUT2D eigenvalue weighted by atomic mass is 79.9. The van der Waals surface area contributed by atoms with E-state index in [0.717, 1.165) is 33.4 Å². The number of aromatic nitrogens is 1. The SMILES string of the molecule is Cc1sc(NC(=O)CN2CCCCC2=O)nc1-c1ccc(Br)cc1. The van der Waals surface area contributed by atoms with Gasteiger partial charge in [0.2, 0.25) is 11.8 Å². The van der Waals surface area contributed by atoms with E-state index in [1.165, 1.54) is 11.3 Å². The number of nitrogens with zero attached hydrogens (tertiary/aromatic N) is 2. The Hall–Kier alpha value is -1.73. The second-order valence-corrected chi connectivity index (χ2v) is 7.87. The summed E-state index contributed by atoms with van der Waals surface area (Å²) in [5.41, 5.74) is 1.88. The van der Waals surface area contributed by atoms with Crippen molar-refractivity contribution in [2.24, 2.45) is 0 Å². The maximum atomic E-state index is 12.2. The number of carbonyl (C=O) groups excluding carboxylic acids is 2. The lowest BCUT2D eigenvalue weighted by Crippen LogP contribution is -2.40. The van der Waals surface area contributed by atoms with Crippen LogP contribution in [0.4, 0.5) is 5.13 Å². The van der Waals surface area contributed by atoms with E-state index in [2.05, 4.69) is 26.2 Å². The summed E-state index contributed by atoms with van der Waals surface area (Å²) in [6, 6.07) is 7.91. The van der Waals surface area contributed by atoms with Crippen molar-refractivity contribution < 1.29 is 9.59 Å². The molecule has 1 aliphatic heterocycles. The molecule has 24 heavy (non-hydrogen) atoms. The molecule has 2 aromatic rings. The molecule has 7 heteroatoms. The smallest absolute Gasteiger partial charge is 0.245 e. The first-order valence-electron chi connectivity index (χ1n) is 7.84. The van der Waals surface area contributed by atoms with Crippen LogP contribution in [0.1, 0.15) is 24.1 Å². The molecular formula is C17H18BrN3O2S. The van der Waals surface area contributed by atoms with Gasteiger partial charge in [-0.15, -0.1) is 11.3 Å². The van der Waals surface area contributed by atoms with Gasteiger partial charge in [-0.3, -0.25) is 9.59 Å². The molecule has 3 rings (SSSR count). The molecule has 0 aliphatic carbocycles. The minimum absolute atomic E-state index is 0.0577. The average Bonchev–Trinajstić information content (AvgIpc) is 2.90. The molecule has 2 heterocycles. The molecule has 0 bridgehead atoms. The normalized spacial score (nSPS) is 14.8. The van der Waals surface area contributed by atoms with Crippen LogP contribution in [-0.2, 0) is 9.59 Å². The minimum Gasteiger partial charge on any atom is -0.333 e. The van der Waals surface area contributed by atoms with Crippen molar-refractivity contribution in [2.45, 2.75) is 26.2 Å². The fourth-order valence-electron chi connectivity index (χ4n) is 2.69. The maximum absolute atomic E-state index is 12.2. The largest absolute Gasteiger partial charge is 0.333 e. The molecule has 1 fully saturated rings.